The summed E-state index contributed by atoms with van der Waals surface area (Å²) < 4.78 is 23.5. The molecule has 2 rings (SSSR count). The van der Waals surface area contributed by atoms with Crippen LogP contribution in [0.1, 0.15) is 5.56 Å². The van der Waals surface area contributed by atoms with Crippen molar-refractivity contribution in [1.82, 2.24) is 9.19 Å². The van der Waals surface area contributed by atoms with Crippen molar-refractivity contribution in [1.29, 1.82) is 0 Å². The topological polar surface area (TPSA) is 52.0 Å². The van der Waals surface area contributed by atoms with Crippen LogP contribution in [0.25, 0.3) is 11.1 Å². The zero-order chi connectivity index (χ0) is 11.8. The van der Waals surface area contributed by atoms with Crippen LogP contribution in [-0.2, 0) is 10.0 Å². The van der Waals surface area contributed by atoms with Crippen molar-refractivity contribution < 1.29 is 8.42 Å². The molecule has 1 aromatic heterocycles. The first-order valence-electron chi connectivity index (χ1n) is 4.79. The van der Waals surface area contributed by atoms with Gasteiger partial charge in [0.2, 0.25) is 0 Å². The summed E-state index contributed by atoms with van der Waals surface area (Å²) in [5.41, 5.74) is 2.90. The molecular formula is C11H12N2O2S. The van der Waals surface area contributed by atoms with E-state index in [1.165, 1.54) is 6.20 Å². The summed E-state index contributed by atoms with van der Waals surface area (Å²) >= 11 is 0. The Balaban J connectivity index is 2.47. The van der Waals surface area contributed by atoms with Gasteiger partial charge in [-0.2, -0.15) is 9.19 Å². The zero-order valence-electron chi connectivity index (χ0n) is 9.08. The molecule has 0 unspecified atom stereocenters. The predicted octanol–water partition coefficient (Wildman–Crippen LogP) is 1.67. The maximum atomic E-state index is 11.2. The Hall–Kier alpha value is -1.62. The molecule has 0 atom stereocenters. The first-order valence-corrected chi connectivity index (χ1v) is 6.64. The van der Waals surface area contributed by atoms with Gasteiger partial charge < -0.3 is 0 Å². The van der Waals surface area contributed by atoms with E-state index < -0.39 is 10.0 Å². The molecule has 0 spiro atoms. The van der Waals surface area contributed by atoms with Crippen molar-refractivity contribution in [3.63, 3.8) is 0 Å². The smallest absolute Gasteiger partial charge is 0.205 e. The van der Waals surface area contributed by atoms with Gasteiger partial charge in [0.1, 0.15) is 0 Å². The number of nitrogens with zero attached hydrogens (tertiary/aromatic N) is 2. The zero-order valence-corrected chi connectivity index (χ0v) is 9.90. The Bertz CT molecular complexity index is 614. The van der Waals surface area contributed by atoms with Crippen LogP contribution in [0.5, 0.6) is 0 Å². The highest BCUT2D eigenvalue weighted by Gasteiger charge is 2.08. The molecule has 0 N–H and O–H groups in total. The minimum absolute atomic E-state index is 0.800. The Morgan fingerprint density at radius 1 is 1.25 bits per heavy atom. The molecule has 0 fully saturated rings. The van der Waals surface area contributed by atoms with Crippen LogP contribution in [0.2, 0.25) is 0 Å². The number of hydrogen-bond donors (Lipinski definition) is 0. The molecule has 0 saturated heterocycles. The lowest BCUT2D eigenvalue weighted by molar-refractivity contribution is 0.586. The highest BCUT2D eigenvalue weighted by Crippen LogP contribution is 2.19. The van der Waals surface area contributed by atoms with Crippen LogP contribution in [0.15, 0.2) is 36.7 Å². The van der Waals surface area contributed by atoms with Crippen molar-refractivity contribution >= 4 is 10.0 Å². The molecule has 0 bridgehead atoms. The molecule has 2 aromatic rings. The molecule has 0 aliphatic carbocycles. The van der Waals surface area contributed by atoms with Crippen molar-refractivity contribution in [2.45, 2.75) is 6.92 Å². The van der Waals surface area contributed by atoms with Crippen molar-refractivity contribution in [3.05, 3.63) is 42.2 Å². The molecule has 0 radical (unpaired) electrons. The minimum atomic E-state index is -3.29. The van der Waals surface area contributed by atoms with E-state index in [4.69, 9.17) is 0 Å². The molecule has 0 aliphatic heterocycles. The van der Waals surface area contributed by atoms with Crippen LogP contribution < -0.4 is 0 Å². The van der Waals surface area contributed by atoms with E-state index in [0.717, 1.165) is 27.0 Å². The Morgan fingerprint density at radius 2 is 2.00 bits per heavy atom. The summed E-state index contributed by atoms with van der Waals surface area (Å²) in [6.07, 6.45) is 4.19. The van der Waals surface area contributed by atoms with E-state index in [1.807, 2.05) is 31.2 Å². The van der Waals surface area contributed by atoms with Crippen LogP contribution in [0.3, 0.4) is 0 Å². The fourth-order valence-corrected chi connectivity index (χ4v) is 1.98. The third-order valence-corrected chi connectivity index (χ3v) is 3.13. The summed E-state index contributed by atoms with van der Waals surface area (Å²) in [6, 6.07) is 7.84. The fourth-order valence-electron chi connectivity index (χ4n) is 1.46. The lowest BCUT2D eigenvalue weighted by atomic mass is 10.1. The van der Waals surface area contributed by atoms with Crippen molar-refractivity contribution in [2.75, 3.05) is 6.26 Å². The minimum Gasteiger partial charge on any atom is -0.205 e. The van der Waals surface area contributed by atoms with Gasteiger partial charge in [-0.15, -0.1) is 0 Å². The summed E-state index contributed by atoms with van der Waals surface area (Å²) in [4.78, 5) is 0. The van der Waals surface area contributed by atoms with E-state index in [9.17, 15) is 8.42 Å². The lowest BCUT2D eigenvalue weighted by Crippen LogP contribution is -2.09. The van der Waals surface area contributed by atoms with E-state index in [0.29, 0.717) is 0 Å². The molecule has 4 nitrogen and oxygen atoms in total. The van der Waals surface area contributed by atoms with Gasteiger partial charge in [-0.25, -0.2) is 8.42 Å². The SMILES string of the molecule is Cc1cccc(-c2cnn(S(C)(=O)=O)c2)c1. The van der Waals surface area contributed by atoms with Crippen LogP contribution in [0.4, 0.5) is 0 Å². The normalized spacial score (nSPS) is 11.6. The average Bonchev–Trinajstić information content (AvgIpc) is 2.65. The summed E-state index contributed by atoms with van der Waals surface area (Å²) in [5.74, 6) is 0. The molecule has 1 heterocycles. The van der Waals surface area contributed by atoms with Crippen molar-refractivity contribution in [2.24, 2.45) is 0 Å². The molecule has 0 amide bonds. The number of rotatable bonds is 2. The first-order chi connectivity index (χ1) is 7.47. The number of benzene rings is 1. The summed E-state index contributed by atoms with van der Waals surface area (Å²) in [6.45, 7) is 1.99. The van der Waals surface area contributed by atoms with Gasteiger partial charge in [0, 0.05) is 5.56 Å². The Labute approximate surface area is 94.6 Å². The predicted molar refractivity (Wildman–Crippen MR) is 62.6 cm³/mol. The molecule has 1 aromatic carbocycles. The third-order valence-electron chi connectivity index (χ3n) is 2.25. The summed E-state index contributed by atoms with van der Waals surface area (Å²) in [5, 5.41) is 3.82. The van der Waals surface area contributed by atoms with Gasteiger partial charge in [0.15, 0.2) is 0 Å². The van der Waals surface area contributed by atoms with Gasteiger partial charge in [0.05, 0.1) is 18.6 Å². The van der Waals surface area contributed by atoms with Gasteiger partial charge in [-0.05, 0) is 12.5 Å². The third kappa shape index (κ3) is 2.14. The molecular weight excluding hydrogens is 224 g/mol. The van der Waals surface area contributed by atoms with Crippen LogP contribution in [0, 0.1) is 6.92 Å². The number of aromatic nitrogens is 2. The molecule has 84 valence electrons. The molecule has 5 heteroatoms. The summed E-state index contributed by atoms with van der Waals surface area (Å²) in [7, 11) is -3.29. The highest BCUT2D eigenvalue weighted by atomic mass is 32.2. The van der Waals surface area contributed by atoms with E-state index >= 15 is 0 Å². The maximum absolute atomic E-state index is 11.2. The van der Waals surface area contributed by atoms with Gasteiger partial charge in [-0.3, -0.25) is 0 Å². The van der Waals surface area contributed by atoms with Crippen LogP contribution >= 0.6 is 0 Å². The molecule has 0 aliphatic rings. The standard InChI is InChI=1S/C11H12N2O2S/c1-9-4-3-5-10(6-9)11-7-12-13(8-11)16(2,14)15/h3-8H,1-2H3. The van der Waals surface area contributed by atoms with Crippen LogP contribution in [-0.4, -0.2) is 23.9 Å². The van der Waals surface area contributed by atoms with Gasteiger partial charge in [0.25, 0.3) is 10.0 Å². The molecule has 16 heavy (non-hydrogen) atoms. The monoisotopic (exact) mass is 236 g/mol. The second-order valence-electron chi connectivity index (χ2n) is 3.73. The van der Waals surface area contributed by atoms with E-state index in [-0.39, 0.29) is 0 Å². The Kier molecular flexibility index (Phi) is 2.55. The number of aryl methyl sites for hydroxylation is 1. The number of hydrogen-bond acceptors (Lipinski definition) is 3. The highest BCUT2D eigenvalue weighted by molar-refractivity contribution is 7.89. The second-order valence-corrected chi connectivity index (χ2v) is 5.57. The quantitative estimate of drug-likeness (QED) is 0.797. The lowest BCUT2D eigenvalue weighted by Gasteiger charge is -1.98. The van der Waals surface area contributed by atoms with Gasteiger partial charge >= 0.3 is 0 Å². The van der Waals surface area contributed by atoms with Crippen molar-refractivity contribution in [3.8, 4) is 11.1 Å². The van der Waals surface area contributed by atoms with E-state index in [2.05, 4.69) is 5.10 Å². The second kappa shape index (κ2) is 3.75. The largest absolute Gasteiger partial charge is 0.250 e. The van der Waals surface area contributed by atoms with Gasteiger partial charge in [-0.1, -0.05) is 29.8 Å². The van der Waals surface area contributed by atoms with E-state index in [1.54, 1.807) is 6.20 Å². The first kappa shape index (κ1) is 10.9. The average molecular weight is 236 g/mol. The Morgan fingerprint density at radius 3 is 2.56 bits per heavy atom. The maximum Gasteiger partial charge on any atom is 0.250 e. The molecule has 0 saturated carbocycles. The fraction of sp³-hybridized carbons (Fsp3) is 0.182.